The van der Waals surface area contributed by atoms with E-state index in [0.717, 1.165) is 25.2 Å². The summed E-state index contributed by atoms with van der Waals surface area (Å²) in [6.07, 6.45) is 8.17. The lowest BCUT2D eigenvalue weighted by Gasteiger charge is -2.35. The highest BCUT2D eigenvalue weighted by molar-refractivity contribution is 4.83. The summed E-state index contributed by atoms with van der Waals surface area (Å²) >= 11 is 0. The van der Waals surface area contributed by atoms with Crippen molar-refractivity contribution in [3.63, 3.8) is 0 Å². The fourth-order valence-corrected chi connectivity index (χ4v) is 2.27. The van der Waals surface area contributed by atoms with E-state index in [4.69, 9.17) is 0 Å². The molecule has 1 rings (SSSR count). The molecular formula is C11H22O. The molecule has 1 N–H and O–H groups in total. The van der Waals surface area contributed by atoms with Crippen LogP contribution in [0.5, 0.6) is 0 Å². The highest BCUT2D eigenvalue weighted by Gasteiger charge is 2.30. The normalized spacial score (nSPS) is 36.8. The average Bonchev–Trinajstić information content (AvgIpc) is 2.10. The first-order valence-corrected chi connectivity index (χ1v) is 5.42. The van der Waals surface area contributed by atoms with Gasteiger partial charge < -0.3 is 5.11 Å². The number of aliphatic hydroxyl groups is 1. The van der Waals surface area contributed by atoms with Crippen molar-refractivity contribution >= 4 is 0 Å². The molecule has 0 aromatic rings. The van der Waals surface area contributed by atoms with Crippen LogP contribution in [0.15, 0.2) is 0 Å². The van der Waals surface area contributed by atoms with Crippen LogP contribution in [0.2, 0.25) is 0 Å². The van der Waals surface area contributed by atoms with E-state index in [0.29, 0.717) is 0 Å². The Bertz CT molecular complexity index is 123. The summed E-state index contributed by atoms with van der Waals surface area (Å²) in [7, 11) is 0. The molecule has 1 saturated carbocycles. The molecule has 0 heterocycles. The van der Waals surface area contributed by atoms with Crippen LogP contribution in [-0.2, 0) is 0 Å². The average molecular weight is 170 g/mol. The zero-order valence-corrected chi connectivity index (χ0v) is 8.47. The van der Waals surface area contributed by atoms with Crippen molar-refractivity contribution in [1.82, 2.24) is 0 Å². The lowest BCUT2D eigenvalue weighted by Crippen LogP contribution is -2.33. The molecule has 0 aromatic carbocycles. The number of hydrogen-bond acceptors (Lipinski definition) is 1. The van der Waals surface area contributed by atoms with Gasteiger partial charge in [0.1, 0.15) is 0 Å². The maximum Gasteiger partial charge on any atom is 0.0645 e. The maximum atomic E-state index is 9.97. The third-order valence-corrected chi connectivity index (χ3v) is 3.39. The summed E-state index contributed by atoms with van der Waals surface area (Å²) in [4.78, 5) is 0. The van der Waals surface area contributed by atoms with E-state index in [1.807, 2.05) is 0 Å². The molecular weight excluding hydrogens is 148 g/mol. The van der Waals surface area contributed by atoms with Crippen LogP contribution >= 0.6 is 0 Å². The third kappa shape index (κ3) is 2.48. The number of hydrogen-bond donors (Lipinski definition) is 1. The topological polar surface area (TPSA) is 20.2 Å². The van der Waals surface area contributed by atoms with Gasteiger partial charge in [0, 0.05) is 0 Å². The molecule has 0 amide bonds. The predicted molar refractivity (Wildman–Crippen MR) is 52.1 cm³/mol. The lowest BCUT2D eigenvalue weighted by molar-refractivity contribution is -0.0134. The number of rotatable bonds is 3. The van der Waals surface area contributed by atoms with Crippen LogP contribution in [0.4, 0.5) is 0 Å². The van der Waals surface area contributed by atoms with Gasteiger partial charge in [-0.25, -0.2) is 0 Å². The third-order valence-electron chi connectivity index (χ3n) is 3.39. The van der Waals surface area contributed by atoms with Crippen LogP contribution in [0.3, 0.4) is 0 Å². The van der Waals surface area contributed by atoms with Gasteiger partial charge in [-0.1, -0.05) is 26.7 Å². The monoisotopic (exact) mass is 170 g/mol. The van der Waals surface area contributed by atoms with Crippen LogP contribution in [0, 0.1) is 5.92 Å². The summed E-state index contributed by atoms with van der Waals surface area (Å²) in [6, 6.07) is 0. The van der Waals surface area contributed by atoms with Crippen LogP contribution in [-0.4, -0.2) is 10.7 Å². The molecule has 0 radical (unpaired) electrons. The predicted octanol–water partition coefficient (Wildman–Crippen LogP) is 3.12. The molecule has 1 heteroatoms. The molecule has 0 spiro atoms. The molecule has 1 aliphatic carbocycles. The minimum Gasteiger partial charge on any atom is -0.390 e. The highest BCUT2D eigenvalue weighted by Crippen LogP contribution is 2.35. The van der Waals surface area contributed by atoms with Gasteiger partial charge in [-0.05, 0) is 38.0 Å². The van der Waals surface area contributed by atoms with Gasteiger partial charge in [0.25, 0.3) is 0 Å². The molecule has 0 aliphatic heterocycles. The summed E-state index contributed by atoms with van der Waals surface area (Å²) in [5, 5.41) is 9.97. The van der Waals surface area contributed by atoms with Crippen LogP contribution < -0.4 is 0 Å². The molecule has 0 bridgehead atoms. The van der Waals surface area contributed by atoms with Gasteiger partial charge in [0.15, 0.2) is 0 Å². The van der Waals surface area contributed by atoms with Crippen LogP contribution in [0.1, 0.15) is 58.8 Å². The fourth-order valence-electron chi connectivity index (χ4n) is 2.27. The van der Waals surface area contributed by atoms with Crippen molar-refractivity contribution in [3.8, 4) is 0 Å². The Morgan fingerprint density at radius 2 is 1.83 bits per heavy atom. The van der Waals surface area contributed by atoms with Gasteiger partial charge in [-0.15, -0.1) is 0 Å². The van der Waals surface area contributed by atoms with E-state index in [2.05, 4.69) is 13.8 Å². The molecule has 1 fully saturated rings. The minimum atomic E-state index is -0.301. The molecule has 1 nitrogen and oxygen atoms in total. The van der Waals surface area contributed by atoms with E-state index in [1.165, 1.54) is 25.7 Å². The summed E-state index contributed by atoms with van der Waals surface area (Å²) < 4.78 is 0. The Balaban J connectivity index is 2.29. The van der Waals surface area contributed by atoms with E-state index < -0.39 is 0 Å². The smallest absolute Gasteiger partial charge is 0.0645 e. The van der Waals surface area contributed by atoms with Crippen molar-refractivity contribution in [2.45, 2.75) is 64.4 Å². The molecule has 0 aromatic heterocycles. The molecule has 1 aliphatic rings. The fraction of sp³-hybridized carbons (Fsp3) is 1.00. The summed E-state index contributed by atoms with van der Waals surface area (Å²) in [6.45, 7) is 4.35. The molecule has 0 atom stereocenters. The largest absolute Gasteiger partial charge is 0.390 e. The van der Waals surface area contributed by atoms with E-state index in [-0.39, 0.29) is 5.60 Å². The quantitative estimate of drug-likeness (QED) is 0.690. The minimum absolute atomic E-state index is 0.301. The first kappa shape index (κ1) is 10.0. The van der Waals surface area contributed by atoms with Gasteiger partial charge in [-0.2, -0.15) is 0 Å². The molecule has 12 heavy (non-hydrogen) atoms. The summed E-state index contributed by atoms with van der Waals surface area (Å²) in [5.41, 5.74) is -0.301. The SMILES string of the molecule is CCCC1CCC(O)(CC)CC1. The molecule has 72 valence electrons. The summed E-state index contributed by atoms with van der Waals surface area (Å²) in [5.74, 6) is 0.904. The Labute approximate surface area is 76.2 Å². The standard InChI is InChI=1S/C11H22O/c1-3-5-10-6-8-11(12,4-2)9-7-10/h10,12H,3-9H2,1-2H3. The maximum absolute atomic E-state index is 9.97. The van der Waals surface area contributed by atoms with Gasteiger partial charge in [-0.3, -0.25) is 0 Å². The lowest BCUT2D eigenvalue weighted by atomic mass is 9.76. The molecule has 0 saturated heterocycles. The second kappa shape index (κ2) is 4.27. The van der Waals surface area contributed by atoms with E-state index in [9.17, 15) is 5.11 Å². The van der Waals surface area contributed by atoms with Crippen LogP contribution in [0.25, 0.3) is 0 Å². The molecule has 0 unspecified atom stereocenters. The highest BCUT2D eigenvalue weighted by atomic mass is 16.3. The van der Waals surface area contributed by atoms with Crippen molar-refractivity contribution in [2.24, 2.45) is 5.92 Å². The zero-order valence-electron chi connectivity index (χ0n) is 8.47. The second-order valence-corrected chi connectivity index (χ2v) is 4.31. The van der Waals surface area contributed by atoms with Crippen molar-refractivity contribution < 1.29 is 5.11 Å². The van der Waals surface area contributed by atoms with Crippen molar-refractivity contribution in [3.05, 3.63) is 0 Å². The Morgan fingerprint density at radius 3 is 2.25 bits per heavy atom. The van der Waals surface area contributed by atoms with E-state index >= 15 is 0 Å². The zero-order chi connectivity index (χ0) is 9.03. The first-order valence-electron chi connectivity index (χ1n) is 5.42. The Kier molecular flexibility index (Phi) is 3.57. The van der Waals surface area contributed by atoms with Crippen molar-refractivity contribution in [2.75, 3.05) is 0 Å². The first-order chi connectivity index (χ1) is 5.70. The van der Waals surface area contributed by atoms with E-state index in [1.54, 1.807) is 0 Å². The van der Waals surface area contributed by atoms with Gasteiger partial charge in [0.05, 0.1) is 5.60 Å². The van der Waals surface area contributed by atoms with Gasteiger partial charge in [0.2, 0.25) is 0 Å². The van der Waals surface area contributed by atoms with Gasteiger partial charge >= 0.3 is 0 Å². The second-order valence-electron chi connectivity index (χ2n) is 4.31. The Morgan fingerprint density at radius 1 is 1.25 bits per heavy atom. The van der Waals surface area contributed by atoms with Crippen molar-refractivity contribution in [1.29, 1.82) is 0 Å². The Hall–Kier alpha value is -0.0400.